The molecule has 0 spiro atoms. The molecule has 0 amide bonds. The molecule has 1 heterocycles. The van der Waals surface area contributed by atoms with Crippen molar-refractivity contribution in [2.24, 2.45) is 0 Å². The summed E-state index contributed by atoms with van der Waals surface area (Å²) < 4.78 is 0. The van der Waals surface area contributed by atoms with Gasteiger partial charge in [-0.05, 0) is 42.2 Å². The molecule has 0 fully saturated rings. The molecule has 84 valence electrons. The molecule has 1 aromatic carbocycles. The summed E-state index contributed by atoms with van der Waals surface area (Å²) in [4.78, 5) is 4.63. The number of hydrogen-bond donors (Lipinski definition) is 1. The fraction of sp³-hybridized carbons (Fsp3) is 0.357. The van der Waals surface area contributed by atoms with Crippen LogP contribution in [0.2, 0.25) is 0 Å². The van der Waals surface area contributed by atoms with Gasteiger partial charge >= 0.3 is 0 Å². The second kappa shape index (κ2) is 4.52. The third kappa shape index (κ3) is 1.87. The van der Waals surface area contributed by atoms with Gasteiger partial charge in [0.15, 0.2) is 0 Å². The lowest BCUT2D eigenvalue weighted by Crippen LogP contribution is -1.98. The Hall–Kier alpha value is -1.57. The average molecular weight is 214 g/mol. The zero-order valence-corrected chi connectivity index (χ0v) is 10.2. The second-order valence-corrected chi connectivity index (χ2v) is 3.98. The minimum atomic E-state index is 0.999. The van der Waals surface area contributed by atoms with Crippen molar-refractivity contribution in [3.05, 3.63) is 35.4 Å². The highest BCUT2D eigenvalue weighted by Crippen LogP contribution is 2.22. The summed E-state index contributed by atoms with van der Waals surface area (Å²) in [7, 11) is 1.92. The zero-order chi connectivity index (χ0) is 11.5. The Balaban J connectivity index is 2.63. The fourth-order valence-corrected chi connectivity index (χ4v) is 1.98. The maximum absolute atomic E-state index is 4.63. The molecule has 2 nitrogen and oxygen atoms in total. The molecule has 0 atom stereocenters. The van der Waals surface area contributed by atoms with Gasteiger partial charge in [0.05, 0.1) is 5.52 Å². The Morgan fingerprint density at radius 2 is 1.94 bits per heavy atom. The third-order valence-electron chi connectivity index (χ3n) is 2.98. The standard InChI is InChI=1S/C14H18N2/c1-4-10-6-7-13-12(8-10)9-11(5-2)14(15-3)16-13/h6-9H,4-5H2,1-3H3,(H,15,16). The van der Waals surface area contributed by atoms with Gasteiger partial charge in [-0.25, -0.2) is 4.98 Å². The number of nitrogens with zero attached hydrogens (tertiary/aromatic N) is 1. The van der Waals surface area contributed by atoms with Crippen LogP contribution in [0.5, 0.6) is 0 Å². The van der Waals surface area contributed by atoms with Crippen molar-refractivity contribution in [1.29, 1.82) is 0 Å². The Labute approximate surface area is 96.7 Å². The van der Waals surface area contributed by atoms with Crippen LogP contribution in [0.1, 0.15) is 25.0 Å². The SMILES string of the molecule is CCc1ccc2nc(NC)c(CC)cc2c1. The second-order valence-electron chi connectivity index (χ2n) is 3.98. The van der Waals surface area contributed by atoms with E-state index < -0.39 is 0 Å². The van der Waals surface area contributed by atoms with Crippen LogP contribution in [0.15, 0.2) is 24.3 Å². The smallest absolute Gasteiger partial charge is 0.129 e. The van der Waals surface area contributed by atoms with Crippen LogP contribution in [-0.4, -0.2) is 12.0 Å². The molecule has 1 aromatic heterocycles. The first-order valence-corrected chi connectivity index (χ1v) is 5.88. The predicted octanol–water partition coefficient (Wildman–Crippen LogP) is 3.40. The van der Waals surface area contributed by atoms with E-state index in [9.17, 15) is 0 Å². The summed E-state index contributed by atoms with van der Waals surface area (Å²) in [6.07, 6.45) is 2.08. The van der Waals surface area contributed by atoms with E-state index in [4.69, 9.17) is 0 Å². The molecule has 0 aliphatic rings. The zero-order valence-electron chi connectivity index (χ0n) is 10.2. The molecule has 0 unspecified atom stereocenters. The Morgan fingerprint density at radius 3 is 2.56 bits per heavy atom. The summed E-state index contributed by atoms with van der Waals surface area (Å²) in [5, 5.41) is 4.40. The van der Waals surface area contributed by atoms with Crippen LogP contribution in [0.4, 0.5) is 5.82 Å². The summed E-state index contributed by atoms with van der Waals surface area (Å²) in [5.74, 6) is 0.999. The molecule has 2 rings (SSSR count). The van der Waals surface area contributed by atoms with Gasteiger partial charge in [0.2, 0.25) is 0 Å². The Morgan fingerprint density at radius 1 is 1.12 bits per heavy atom. The van der Waals surface area contributed by atoms with Crippen molar-refractivity contribution < 1.29 is 0 Å². The quantitative estimate of drug-likeness (QED) is 0.847. The molecule has 0 radical (unpaired) electrons. The molecule has 16 heavy (non-hydrogen) atoms. The van der Waals surface area contributed by atoms with Gasteiger partial charge in [-0.2, -0.15) is 0 Å². The highest BCUT2D eigenvalue weighted by molar-refractivity contribution is 5.82. The third-order valence-corrected chi connectivity index (χ3v) is 2.98. The number of benzene rings is 1. The number of aryl methyl sites for hydroxylation is 2. The Kier molecular flexibility index (Phi) is 3.09. The van der Waals surface area contributed by atoms with E-state index in [1.807, 2.05) is 7.05 Å². The van der Waals surface area contributed by atoms with Crippen molar-refractivity contribution >= 4 is 16.7 Å². The van der Waals surface area contributed by atoms with Crippen molar-refractivity contribution in [1.82, 2.24) is 4.98 Å². The number of aromatic nitrogens is 1. The van der Waals surface area contributed by atoms with Gasteiger partial charge in [-0.3, -0.25) is 0 Å². The van der Waals surface area contributed by atoms with Gasteiger partial charge in [0, 0.05) is 12.4 Å². The van der Waals surface area contributed by atoms with Gasteiger partial charge in [0.25, 0.3) is 0 Å². The van der Waals surface area contributed by atoms with Crippen molar-refractivity contribution in [3.8, 4) is 0 Å². The highest BCUT2D eigenvalue weighted by Gasteiger charge is 2.04. The van der Waals surface area contributed by atoms with E-state index >= 15 is 0 Å². The van der Waals surface area contributed by atoms with Crippen LogP contribution in [-0.2, 0) is 12.8 Å². The normalized spacial score (nSPS) is 10.7. The first-order valence-electron chi connectivity index (χ1n) is 5.88. The lowest BCUT2D eigenvalue weighted by atomic mass is 10.1. The van der Waals surface area contributed by atoms with Crippen molar-refractivity contribution in [2.75, 3.05) is 12.4 Å². The lowest BCUT2D eigenvalue weighted by molar-refractivity contribution is 1.11. The Bertz CT molecular complexity index is 503. The van der Waals surface area contributed by atoms with Gasteiger partial charge in [-0.1, -0.05) is 19.9 Å². The minimum Gasteiger partial charge on any atom is -0.373 e. The van der Waals surface area contributed by atoms with Gasteiger partial charge in [0.1, 0.15) is 5.82 Å². The van der Waals surface area contributed by atoms with E-state index in [2.05, 4.69) is 48.4 Å². The first kappa shape index (κ1) is 10.9. The molecule has 0 saturated carbocycles. The minimum absolute atomic E-state index is 0.999. The van der Waals surface area contributed by atoms with E-state index in [-0.39, 0.29) is 0 Å². The summed E-state index contributed by atoms with van der Waals surface area (Å²) >= 11 is 0. The molecule has 0 aliphatic heterocycles. The lowest BCUT2D eigenvalue weighted by Gasteiger charge is -2.09. The van der Waals surface area contributed by atoms with Crippen LogP contribution < -0.4 is 5.32 Å². The maximum atomic E-state index is 4.63. The topological polar surface area (TPSA) is 24.9 Å². The number of nitrogens with one attached hydrogen (secondary N) is 1. The fourth-order valence-electron chi connectivity index (χ4n) is 1.98. The number of rotatable bonds is 3. The molecular weight excluding hydrogens is 196 g/mol. The molecule has 1 N–H and O–H groups in total. The molecule has 0 aliphatic carbocycles. The summed E-state index contributed by atoms with van der Waals surface area (Å²) in [6.45, 7) is 4.34. The van der Waals surface area contributed by atoms with Gasteiger partial charge in [-0.15, -0.1) is 0 Å². The first-order chi connectivity index (χ1) is 7.78. The van der Waals surface area contributed by atoms with Crippen LogP contribution in [0.3, 0.4) is 0 Å². The summed E-state index contributed by atoms with van der Waals surface area (Å²) in [6, 6.07) is 8.74. The van der Waals surface area contributed by atoms with E-state index in [0.717, 1.165) is 24.2 Å². The van der Waals surface area contributed by atoms with Gasteiger partial charge < -0.3 is 5.32 Å². The number of fused-ring (bicyclic) bond motifs is 1. The van der Waals surface area contributed by atoms with E-state index in [1.165, 1.54) is 16.5 Å². The van der Waals surface area contributed by atoms with E-state index in [1.54, 1.807) is 0 Å². The monoisotopic (exact) mass is 214 g/mol. The molecule has 0 bridgehead atoms. The molecule has 2 heteroatoms. The largest absolute Gasteiger partial charge is 0.373 e. The maximum Gasteiger partial charge on any atom is 0.129 e. The molecule has 0 saturated heterocycles. The number of anilines is 1. The van der Waals surface area contributed by atoms with Crippen LogP contribution >= 0.6 is 0 Å². The van der Waals surface area contributed by atoms with Crippen molar-refractivity contribution in [2.45, 2.75) is 26.7 Å². The molecule has 2 aromatic rings. The number of pyridine rings is 1. The molecular formula is C14H18N2. The average Bonchev–Trinajstić information content (AvgIpc) is 2.36. The van der Waals surface area contributed by atoms with E-state index in [0.29, 0.717) is 0 Å². The van der Waals surface area contributed by atoms with Crippen molar-refractivity contribution in [3.63, 3.8) is 0 Å². The predicted molar refractivity (Wildman–Crippen MR) is 70.0 cm³/mol. The summed E-state index contributed by atoms with van der Waals surface area (Å²) in [5.41, 5.74) is 3.72. The van der Waals surface area contributed by atoms with Crippen LogP contribution in [0.25, 0.3) is 10.9 Å². The van der Waals surface area contributed by atoms with Crippen LogP contribution in [0, 0.1) is 0 Å². The highest BCUT2D eigenvalue weighted by atomic mass is 15.0. The number of hydrogen-bond acceptors (Lipinski definition) is 2.